The molecule has 2 heterocycles. The average Bonchev–Trinajstić information content (AvgIpc) is 3.19. The van der Waals surface area contributed by atoms with Gasteiger partial charge in [0.2, 0.25) is 0 Å². The highest BCUT2D eigenvalue weighted by molar-refractivity contribution is 7.93. The summed E-state index contributed by atoms with van der Waals surface area (Å²) in [4.78, 5) is 1.08. The van der Waals surface area contributed by atoms with Crippen molar-refractivity contribution in [3.63, 3.8) is 0 Å². The average molecular weight is 361 g/mol. The monoisotopic (exact) mass is 361 g/mol. The molecule has 126 valence electrons. The van der Waals surface area contributed by atoms with Gasteiger partial charge < -0.3 is 0 Å². The van der Waals surface area contributed by atoms with Crippen molar-refractivity contribution in [2.75, 3.05) is 10.8 Å². The Kier molecular flexibility index (Phi) is 4.47. The van der Waals surface area contributed by atoms with E-state index in [-0.39, 0.29) is 4.90 Å². The first kappa shape index (κ1) is 16.7. The molecule has 24 heavy (non-hydrogen) atoms. The van der Waals surface area contributed by atoms with Gasteiger partial charge in [-0.05, 0) is 36.9 Å². The van der Waals surface area contributed by atoms with E-state index in [1.165, 1.54) is 15.6 Å². The third-order valence-electron chi connectivity index (χ3n) is 3.79. The second-order valence-corrected chi connectivity index (χ2v) is 8.23. The van der Waals surface area contributed by atoms with Crippen LogP contribution in [0, 0.1) is 6.92 Å². The van der Waals surface area contributed by atoms with Crippen molar-refractivity contribution in [1.82, 2.24) is 9.78 Å². The third kappa shape index (κ3) is 2.85. The molecule has 7 heteroatoms. The van der Waals surface area contributed by atoms with Crippen LogP contribution in [0.15, 0.2) is 52.9 Å². The Morgan fingerprint density at radius 3 is 2.58 bits per heavy atom. The maximum Gasteiger partial charge on any atom is 0.268 e. The summed E-state index contributed by atoms with van der Waals surface area (Å²) in [5.74, 6) is 0. The number of para-hydroxylation sites is 1. The lowest BCUT2D eigenvalue weighted by Crippen LogP contribution is -2.31. The molecule has 1 aromatic carbocycles. The Bertz CT molecular complexity index is 944. The quantitative estimate of drug-likeness (QED) is 0.697. The molecule has 3 rings (SSSR count). The summed E-state index contributed by atoms with van der Waals surface area (Å²) in [5, 5.41) is 6.29. The smallest absolute Gasteiger partial charge is 0.268 e. The van der Waals surface area contributed by atoms with Gasteiger partial charge in [0.05, 0.1) is 10.6 Å². The van der Waals surface area contributed by atoms with E-state index in [1.54, 1.807) is 17.9 Å². The van der Waals surface area contributed by atoms with Crippen molar-refractivity contribution >= 4 is 27.0 Å². The van der Waals surface area contributed by atoms with Gasteiger partial charge in [-0.15, -0.1) is 11.3 Å². The van der Waals surface area contributed by atoms with Crippen molar-refractivity contribution in [3.8, 4) is 10.6 Å². The van der Waals surface area contributed by atoms with Gasteiger partial charge in [-0.25, -0.2) is 8.42 Å². The molecule has 0 saturated heterocycles. The van der Waals surface area contributed by atoms with Crippen molar-refractivity contribution in [1.29, 1.82) is 0 Å². The van der Waals surface area contributed by atoms with Crippen LogP contribution in [-0.4, -0.2) is 24.7 Å². The van der Waals surface area contributed by atoms with Gasteiger partial charge in [-0.3, -0.25) is 8.99 Å². The first-order valence-electron chi connectivity index (χ1n) is 7.61. The second kappa shape index (κ2) is 6.41. The predicted molar refractivity (Wildman–Crippen MR) is 97.9 cm³/mol. The number of thiophene rings is 1. The molecule has 0 atom stereocenters. The predicted octanol–water partition coefficient (Wildman–Crippen LogP) is 3.67. The molecule has 5 nitrogen and oxygen atoms in total. The van der Waals surface area contributed by atoms with E-state index in [0.717, 1.165) is 10.4 Å². The van der Waals surface area contributed by atoms with Crippen LogP contribution in [0.3, 0.4) is 0 Å². The number of hydrogen-bond acceptors (Lipinski definition) is 4. The Balaban J connectivity index is 2.16. The highest BCUT2D eigenvalue weighted by Gasteiger charge is 2.30. The first-order valence-corrected chi connectivity index (χ1v) is 9.93. The SMILES string of the molecule is CCN(c1ccccc1C)S(=O)(=O)c1cn(C)nc1-c1cccs1. The topological polar surface area (TPSA) is 55.2 Å². The zero-order chi connectivity index (χ0) is 17.3. The number of sulfonamides is 1. The molecule has 2 aromatic heterocycles. The zero-order valence-corrected chi connectivity index (χ0v) is 15.4. The number of benzene rings is 1. The molecule has 3 aromatic rings. The highest BCUT2D eigenvalue weighted by atomic mass is 32.2. The lowest BCUT2D eigenvalue weighted by Gasteiger charge is -2.24. The second-order valence-electron chi connectivity index (χ2n) is 5.45. The Labute approximate surface area is 146 Å². The van der Waals surface area contributed by atoms with Crippen LogP contribution in [0.25, 0.3) is 10.6 Å². The minimum absolute atomic E-state index is 0.234. The van der Waals surface area contributed by atoms with Gasteiger partial charge in [0, 0.05) is 19.8 Å². The van der Waals surface area contributed by atoms with Crippen LogP contribution in [0.4, 0.5) is 5.69 Å². The molecular formula is C17H19N3O2S2. The number of aryl methyl sites for hydroxylation is 2. The maximum atomic E-state index is 13.3. The fourth-order valence-corrected chi connectivity index (χ4v) is 5.18. The van der Waals surface area contributed by atoms with Gasteiger partial charge in [-0.1, -0.05) is 24.3 Å². The molecule has 0 radical (unpaired) electrons. The lowest BCUT2D eigenvalue weighted by atomic mass is 10.2. The molecule has 0 aliphatic heterocycles. The van der Waals surface area contributed by atoms with Gasteiger partial charge in [0.25, 0.3) is 10.0 Å². The molecule has 0 bridgehead atoms. The Morgan fingerprint density at radius 1 is 1.21 bits per heavy atom. The first-order chi connectivity index (χ1) is 11.4. The van der Waals surface area contributed by atoms with Crippen LogP contribution >= 0.6 is 11.3 Å². The molecule has 0 aliphatic carbocycles. The number of aromatic nitrogens is 2. The van der Waals surface area contributed by atoms with E-state index in [0.29, 0.717) is 17.9 Å². The summed E-state index contributed by atoms with van der Waals surface area (Å²) >= 11 is 1.48. The molecule has 0 unspecified atom stereocenters. The molecule has 0 spiro atoms. The molecule has 0 fully saturated rings. The minimum atomic E-state index is -3.71. The van der Waals surface area contributed by atoms with Crippen LogP contribution in [0.5, 0.6) is 0 Å². The standard InChI is InChI=1S/C17H19N3O2S2/c1-4-20(14-9-6-5-8-13(14)2)24(21,22)16-12-19(3)18-17(16)15-10-7-11-23-15/h5-12H,4H2,1-3H3. The number of anilines is 1. The molecule has 0 amide bonds. The third-order valence-corrected chi connectivity index (χ3v) is 6.56. The van der Waals surface area contributed by atoms with E-state index in [2.05, 4.69) is 5.10 Å². The lowest BCUT2D eigenvalue weighted by molar-refractivity contribution is 0.592. The number of rotatable bonds is 5. The largest absolute Gasteiger partial charge is 0.274 e. The van der Waals surface area contributed by atoms with Crippen LogP contribution in [-0.2, 0) is 17.1 Å². The van der Waals surface area contributed by atoms with Crippen LogP contribution in [0.2, 0.25) is 0 Å². The summed E-state index contributed by atoms with van der Waals surface area (Å²) in [7, 11) is -1.97. The summed E-state index contributed by atoms with van der Waals surface area (Å²) in [5.41, 5.74) is 2.12. The number of hydrogen-bond donors (Lipinski definition) is 0. The summed E-state index contributed by atoms with van der Waals surface area (Å²) in [6.45, 7) is 4.11. The van der Waals surface area contributed by atoms with Gasteiger partial charge in [-0.2, -0.15) is 5.10 Å². The van der Waals surface area contributed by atoms with Gasteiger partial charge >= 0.3 is 0 Å². The minimum Gasteiger partial charge on any atom is -0.274 e. The summed E-state index contributed by atoms with van der Waals surface area (Å²) < 4.78 is 29.6. The summed E-state index contributed by atoms with van der Waals surface area (Å²) in [6, 6.07) is 11.3. The molecular weight excluding hydrogens is 342 g/mol. The molecule has 0 aliphatic rings. The molecule has 0 saturated carbocycles. The van der Waals surface area contributed by atoms with Crippen molar-refractivity contribution in [2.45, 2.75) is 18.7 Å². The van der Waals surface area contributed by atoms with Crippen LogP contribution < -0.4 is 4.31 Å². The van der Waals surface area contributed by atoms with Crippen molar-refractivity contribution in [2.24, 2.45) is 7.05 Å². The maximum absolute atomic E-state index is 13.3. The van der Waals surface area contributed by atoms with E-state index >= 15 is 0 Å². The van der Waals surface area contributed by atoms with E-state index in [1.807, 2.05) is 55.6 Å². The molecule has 0 N–H and O–H groups in total. The Hall–Kier alpha value is -2.12. The Morgan fingerprint density at radius 2 is 1.96 bits per heavy atom. The van der Waals surface area contributed by atoms with E-state index < -0.39 is 10.0 Å². The van der Waals surface area contributed by atoms with Crippen molar-refractivity contribution in [3.05, 3.63) is 53.5 Å². The number of nitrogens with zero attached hydrogens (tertiary/aromatic N) is 3. The fourth-order valence-electron chi connectivity index (χ4n) is 2.67. The fraction of sp³-hybridized carbons (Fsp3) is 0.235. The highest BCUT2D eigenvalue weighted by Crippen LogP contribution is 2.33. The van der Waals surface area contributed by atoms with E-state index in [9.17, 15) is 8.42 Å². The summed E-state index contributed by atoms with van der Waals surface area (Å²) in [6.07, 6.45) is 1.57. The van der Waals surface area contributed by atoms with Crippen LogP contribution in [0.1, 0.15) is 12.5 Å². The van der Waals surface area contributed by atoms with Gasteiger partial charge in [0.1, 0.15) is 10.6 Å². The van der Waals surface area contributed by atoms with Gasteiger partial charge in [0.15, 0.2) is 0 Å². The van der Waals surface area contributed by atoms with E-state index in [4.69, 9.17) is 0 Å². The zero-order valence-electron chi connectivity index (χ0n) is 13.8. The normalized spacial score (nSPS) is 11.6. The van der Waals surface area contributed by atoms with Crippen molar-refractivity contribution < 1.29 is 8.42 Å².